The van der Waals surface area contributed by atoms with Crippen molar-refractivity contribution in [1.82, 2.24) is 0 Å². The number of halogens is 1. The lowest BCUT2D eigenvalue weighted by atomic mass is 9.80. The zero-order valence-corrected chi connectivity index (χ0v) is 13.0. The molecule has 0 aliphatic heterocycles. The largest absolute Gasteiger partial charge is 0.289 e. The maximum Gasteiger partial charge on any atom is 0.190 e. The van der Waals surface area contributed by atoms with Gasteiger partial charge >= 0.3 is 0 Å². The van der Waals surface area contributed by atoms with Gasteiger partial charge in [-0.2, -0.15) is 0 Å². The predicted molar refractivity (Wildman–Crippen MR) is 89.8 cm³/mol. The SMILES string of the molecule is O=C1C(C2CCCCC2)=C(c2cccc(F)c2)c2ccccc21. The number of carbonyl (C=O) groups excluding carboxylic acids is 1. The van der Waals surface area contributed by atoms with E-state index in [1.165, 1.54) is 25.3 Å². The van der Waals surface area contributed by atoms with Gasteiger partial charge in [-0.15, -0.1) is 0 Å². The summed E-state index contributed by atoms with van der Waals surface area (Å²) in [6.45, 7) is 0. The molecule has 0 bridgehead atoms. The molecule has 0 aromatic heterocycles. The number of Topliss-reactive ketones (excluding diaryl/α,β-unsaturated/α-hetero) is 1. The minimum Gasteiger partial charge on any atom is -0.289 e. The number of fused-ring (bicyclic) bond motifs is 1. The fourth-order valence-electron chi connectivity index (χ4n) is 4.04. The zero-order chi connectivity index (χ0) is 15.8. The summed E-state index contributed by atoms with van der Waals surface area (Å²) in [6, 6.07) is 14.4. The maximum atomic E-state index is 13.8. The Hall–Kier alpha value is -2.22. The maximum absolute atomic E-state index is 13.8. The summed E-state index contributed by atoms with van der Waals surface area (Å²) >= 11 is 0. The Morgan fingerprint density at radius 3 is 2.35 bits per heavy atom. The van der Waals surface area contributed by atoms with Crippen LogP contribution < -0.4 is 0 Å². The van der Waals surface area contributed by atoms with Crippen LogP contribution in [0.3, 0.4) is 0 Å². The molecule has 0 amide bonds. The molecule has 0 heterocycles. The van der Waals surface area contributed by atoms with Gasteiger partial charge in [0.2, 0.25) is 0 Å². The standard InChI is InChI=1S/C21H19FO/c22-16-10-6-9-15(13-16)19-17-11-4-5-12-18(17)21(23)20(19)14-7-2-1-3-8-14/h4-6,9-14H,1-3,7-8H2. The van der Waals surface area contributed by atoms with Gasteiger partial charge < -0.3 is 0 Å². The third-order valence-corrected chi connectivity index (χ3v) is 5.08. The first-order valence-electron chi connectivity index (χ1n) is 8.40. The number of hydrogen-bond donors (Lipinski definition) is 0. The number of carbonyl (C=O) groups is 1. The summed E-state index contributed by atoms with van der Waals surface area (Å²) in [4.78, 5) is 13.0. The summed E-state index contributed by atoms with van der Waals surface area (Å²) in [5.74, 6) is 0.198. The van der Waals surface area contributed by atoms with Crippen LogP contribution in [0, 0.1) is 11.7 Å². The molecule has 0 saturated heterocycles. The molecule has 2 aliphatic carbocycles. The van der Waals surface area contributed by atoms with E-state index in [4.69, 9.17) is 0 Å². The molecule has 23 heavy (non-hydrogen) atoms. The molecule has 0 spiro atoms. The second-order valence-corrected chi connectivity index (χ2v) is 6.51. The van der Waals surface area contributed by atoms with E-state index in [0.717, 1.165) is 40.7 Å². The van der Waals surface area contributed by atoms with Gasteiger partial charge in [0.05, 0.1) is 0 Å². The Bertz CT molecular complexity index is 797. The molecule has 1 saturated carbocycles. The summed E-state index contributed by atoms with van der Waals surface area (Å²) < 4.78 is 13.8. The summed E-state index contributed by atoms with van der Waals surface area (Å²) in [5, 5.41) is 0. The average Bonchev–Trinajstić information content (AvgIpc) is 2.89. The molecule has 4 rings (SSSR count). The van der Waals surface area contributed by atoms with E-state index in [9.17, 15) is 9.18 Å². The van der Waals surface area contributed by atoms with Gasteiger partial charge in [-0.3, -0.25) is 4.79 Å². The lowest BCUT2D eigenvalue weighted by molar-refractivity contribution is 0.102. The topological polar surface area (TPSA) is 17.1 Å². The van der Waals surface area contributed by atoms with Crippen LogP contribution >= 0.6 is 0 Å². The first-order chi connectivity index (χ1) is 11.3. The minimum atomic E-state index is -0.255. The Balaban J connectivity index is 1.92. The fraction of sp³-hybridized carbons (Fsp3) is 0.286. The lowest BCUT2D eigenvalue weighted by Crippen LogP contribution is -2.14. The first-order valence-corrected chi connectivity index (χ1v) is 8.40. The van der Waals surface area contributed by atoms with Gasteiger partial charge in [-0.25, -0.2) is 4.39 Å². The third kappa shape index (κ3) is 2.42. The highest BCUT2D eigenvalue weighted by Gasteiger charge is 2.35. The van der Waals surface area contributed by atoms with E-state index in [1.54, 1.807) is 12.1 Å². The number of benzene rings is 2. The van der Waals surface area contributed by atoms with Gasteiger partial charge in [0.1, 0.15) is 5.82 Å². The fourth-order valence-corrected chi connectivity index (χ4v) is 4.04. The average molecular weight is 306 g/mol. The Labute approximate surface area is 135 Å². The van der Waals surface area contributed by atoms with Gasteiger partial charge in [-0.05, 0) is 47.6 Å². The van der Waals surface area contributed by atoms with Crippen LogP contribution in [-0.2, 0) is 0 Å². The molecule has 0 unspecified atom stereocenters. The third-order valence-electron chi connectivity index (χ3n) is 5.08. The smallest absolute Gasteiger partial charge is 0.190 e. The van der Waals surface area contributed by atoms with Crippen LogP contribution in [0.1, 0.15) is 53.6 Å². The van der Waals surface area contributed by atoms with Crippen LogP contribution in [-0.4, -0.2) is 5.78 Å². The Morgan fingerprint density at radius 2 is 1.61 bits per heavy atom. The van der Waals surface area contributed by atoms with E-state index in [1.807, 2.05) is 30.3 Å². The van der Waals surface area contributed by atoms with Crippen molar-refractivity contribution in [2.45, 2.75) is 32.1 Å². The molecular formula is C21H19FO. The molecule has 116 valence electrons. The normalized spacial score (nSPS) is 18.4. The van der Waals surface area contributed by atoms with Crippen molar-refractivity contribution in [3.8, 4) is 0 Å². The molecule has 2 heteroatoms. The van der Waals surface area contributed by atoms with Crippen molar-refractivity contribution in [3.63, 3.8) is 0 Å². The van der Waals surface area contributed by atoms with Crippen LogP contribution in [0.25, 0.3) is 5.57 Å². The van der Waals surface area contributed by atoms with Crippen LogP contribution in [0.4, 0.5) is 4.39 Å². The van der Waals surface area contributed by atoms with Crippen molar-refractivity contribution in [2.24, 2.45) is 5.92 Å². The molecule has 0 N–H and O–H groups in total. The molecule has 2 aromatic rings. The van der Waals surface area contributed by atoms with E-state index < -0.39 is 0 Å². The molecule has 1 nitrogen and oxygen atoms in total. The molecule has 2 aliphatic rings. The number of hydrogen-bond acceptors (Lipinski definition) is 1. The first kappa shape index (κ1) is 14.4. The van der Waals surface area contributed by atoms with Gasteiger partial charge in [0, 0.05) is 11.1 Å². The predicted octanol–water partition coefficient (Wildman–Crippen LogP) is 5.40. The van der Waals surface area contributed by atoms with Crippen molar-refractivity contribution < 1.29 is 9.18 Å². The highest BCUT2D eigenvalue weighted by atomic mass is 19.1. The highest BCUT2D eigenvalue weighted by Crippen LogP contribution is 2.44. The number of allylic oxidation sites excluding steroid dienone is 1. The van der Waals surface area contributed by atoms with Gasteiger partial charge in [-0.1, -0.05) is 55.7 Å². The van der Waals surface area contributed by atoms with E-state index >= 15 is 0 Å². The summed E-state index contributed by atoms with van der Waals surface area (Å²) in [7, 11) is 0. The zero-order valence-electron chi connectivity index (χ0n) is 13.0. The Kier molecular flexibility index (Phi) is 3.60. The molecular weight excluding hydrogens is 287 g/mol. The molecule has 0 radical (unpaired) electrons. The molecule has 1 fully saturated rings. The number of ketones is 1. The minimum absolute atomic E-state index is 0.145. The monoisotopic (exact) mass is 306 g/mol. The van der Waals surface area contributed by atoms with Crippen molar-refractivity contribution in [2.75, 3.05) is 0 Å². The van der Waals surface area contributed by atoms with Crippen LogP contribution in [0.15, 0.2) is 54.1 Å². The van der Waals surface area contributed by atoms with Crippen molar-refractivity contribution in [3.05, 3.63) is 76.6 Å². The lowest BCUT2D eigenvalue weighted by Gasteiger charge is -2.23. The van der Waals surface area contributed by atoms with E-state index in [-0.39, 0.29) is 11.6 Å². The van der Waals surface area contributed by atoms with Crippen molar-refractivity contribution in [1.29, 1.82) is 0 Å². The second kappa shape index (κ2) is 5.77. The summed E-state index contributed by atoms with van der Waals surface area (Å²) in [5.41, 5.74) is 4.42. The summed E-state index contributed by atoms with van der Waals surface area (Å²) in [6.07, 6.45) is 5.73. The van der Waals surface area contributed by atoms with Gasteiger partial charge in [0.25, 0.3) is 0 Å². The highest BCUT2D eigenvalue weighted by molar-refractivity contribution is 6.23. The van der Waals surface area contributed by atoms with E-state index in [2.05, 4.69) is 0 Å². The quantitative estimate of drug-likeness (QED) is 0.725. The van der Waals surface area contributed by atoms with Crippen LogP contribution in [0.2, 0.25) is 0 Å². The molecule has 0 atom stereocenters. The van der Waals surface area contributed by atoms with Gasteiger partial charge in [0.15, 0.2) is 5.78 Å². The van der Waals surface area contributed by atoms with Crippen LogP contribution in [0.5, 0.6) is 0 Å². The second-order valence-electron chi connectivity index (χ2n) is 6.51. The Morgan fingerprint density at radius 1 is 0.870 bits per heavy atom. The number of rotatable bonds is 2. The molecule has 2 aromatic carbocycles. The van der Waals surface area contributed by atoms with Crippen molar-refractivity contribution >= 4 is 11.4 Å². The van der Waals surface area contributed by atoms with E-state index in [0.29, 0.717) is 5.92 Å².